The Hall–Kier alpha value is -3.35. The number of hydrogen-bond donors (Lipinski definition) is 2. The maximum atomic E-state index is 11.8. The summed E-state index contributed by atoms with van der Waals surface area (Å²) in [6.07, 6.45) is 1.32. The monoisotopic (exact) mass is 397 g/mol. The van der Waals surface area contributed by atoms with Crippen molar-refractivity contribution in [2.45, 2.75) is 45.1 Å². The molecule has 153 valence electrons. The van der Waals surface area contributed by atoms with Gasteiger partial charge in [0.25, 0.3) is 0 Å². The van der Waals surface area contributed by atoms with Crippen molar-refractivity contribution in [3.8, 4) is 0 Å². The van der Waals surface area contributed by atoms with Crippen LogP contribution in [0.25, 0.3) is 0 Å². The Labute approximate surface area is 170 Å². The predicted molar refractivity (Wildman–Crippen MR) is 108 cm³/mol. The van der Waals surface area contributed by atoms with Gasteiger partial charge in [0.2, 0.25) is 6.29 Å². The van der Waals surface area contributed by atoms with Crippen LogP contribution in [0.1, 0.15) is 30.9 Å². The van der Waals surface area contributed by atoms with E-state index in [2.05, 4.69) is 10.6 Å². The molecule has 0 aliphatic heterocycles. The number of carbonyl (C=O) groups excluding carboxylic acids is 3. The summed E-state index contributed by atoms with van der Waals surface area (Å²) < 4.78 is 10.2. The highest BCUT2D eigenvalue weighted by molar-refractivity contribution is 5.73. The molecule has 29 heavy (non-hydrogen) atoms. The van der Waals surface area contributed by atoms with Crippen LogP contribution >= 0.6 is 0 Å². The maximum Gasteiger partial charge on any atom is 0.408 e. The van der Waals surface area contributed by atoms with E-state index >= 15 is 0 Å². The molecule has 1 radical (unpaired) electrons. The van der Waals surface area contributed by atoms with E-state index in [0.717, 1.165) is 11.1 Å². The van der Waals surface area contributed by atoms with Gasteiger partial charge in [-0.3, -0.25) is 4.79 Å². The summed E-state index contributed by atoms with van der Waals surface area (Å²) in [6, 6.07) is 17.5. The van der Waals surface area contributed by atoms with Crippen molar-refractivity contribution in [1.29, 1.82) is 0 Å². The fourth-order valence-corrected chi connectivity index (χ4v) is 2.52. The van der Waals surface area contributed by atoms with Gasteiger partial charge in [0.05, 0.1) is 6.04 Å². The summed E-state index contributed by atoms with van der Waals surface area (Å²) in [7, 11) is 0. The van der Waals surface area contributed by atoms with E-state index in [0.29, 0.717) is 12.8 Å². The van der Waals surface area contributed by atoms with Crippen molar-refractivity contribution < 1.29 is 23.9 Å². The zero-order chi connectivity index (χ0) is 20.9. The quantitative estimate of drug-likeness (QED) is 0.640. The molecule has 0 aromatic heterocycles. The van der Waals surface area contributed by atoms with Crippen molar-refractivity contribution in [1.82, 2.24) is 10.6 Å². The minimum absolute atomic E-state index is 0.115. The van der Waals surface area contributed by atoms with Gasteiger partial charge in [0, 0.05) is 6.04 Å². The van der Waals surface area contributed by atoms with Crippen LogP contribution in [-0.2, 0) is 27.5 Å². The number of rotatable bonds is 10. The Kier molecular flexibility index (Phi) is 9.21. The van der Waals surface area contributed by atoms with Crippen LogP contribution in [0.2, 0.25) is 0 Å². The Bertz CT molecular complexity index is 767. The Morgan fingerprint density at radius 3 is 1.79 bits per heavy atom. The summed E-state index contributed by atoms with van der Waals surface area (Å²) in [6.45, 7) is 2.09. The van der Waals surface area contributed by atoms with Crippen molar-refractivity contribution in [2.75, 3.05) is 0 Å². The molecule has 0 heterocycles. The Balaban J connectivity index is 1.64. The number of hydrogen-bond acceptors (Lipinski definition) is 5. The van der Waals surface area contributed by atoms with Gasteiger partial charge < -0.3 is 20.1 Å². The zero-order valence-corrected chi connectivity index (χ0v) is 16.3. The average molecular weight is 397 g/mol. The lowest BCUT2D eigenvalue weighted by molar-refractivity contribution is 0.133. The van der Waals surface area contributed by atoms with E-state index in [1.54, 1.807) is 13.2 Å². The SMILES string of the molecule is CC(CCC([C]=O)NC(=O)OCc1ccccc1)NC(=O)OCc1ccccc1. The van der Waals surface area contributed by atoms with Crippen molar-refractivity contribution >= 4 is 18.5 Å². The van der Waals surface area contributed by atoms with E-state index in [1.165, 1.54) is 0 Å². The minimum Gasteiger partial charge on any atom is -0.445 e. The molecule has 0 bridgehead atoms. The second-order valence-electron chi connectivity index (χ2n) is 6.56. The molecule has 0 fully saturated rings. The molecule has 0 aliphatic carbocycles. The largest absolute Gasteiger partial charge is 0.445 e. The molecule has 2 atom stereocenters. The third-order valence-corrected chi connectivity index (χ3v) is 4.11. The predicted octanol–water partition coefficient (Wildman–Crippen LogP) is 3.49. The number of carbonyl (C=O) groups is 2. The number of nitrogens with one attached hydrogen (secondary N) is 2. The first-order valence-electron chi connectivity index (χ1n) is 9.39. The van der Waals surface area contributed by atoms with Crippen LogP contribution in [0, 0.1) is 0 Å². The lowest BCUT2D eigenvalue weighted by Gasteiger charge is -2.17. The highest BCUT2D eigenvalue weighted by Crippen LogP contribution is 2.05. The Morgan fingerprint density at radius 1 is 0.828 bits per heavy atom. The molecule has 0 aliphatic rings. The molecule has 0 saturated heterocycles. The summed E-state index contributed by atoms with van der Waals surface area (Å²) in [5.74, 6) is 0. The summed E-state index contributed by atoms with van der Waals surface area (Å²) in [5.41, 5.74) is 1.74. The highest BCUT2D eigenvalue weighted by Gasteiger charge is 2.16. The topological polar surface area (TPSA) is 93.7 Å². The molecule has 2 rings (SSSR count). The van der Waals surface area contributed by atoms with Gasteiger partial charge in [-0.15, -0.1) is 0 Å². The van der Waals surface area contributed by atoms with E-state index in [-0.39, 0.29) is 19.3 Å². The lowest BCUT2D eigenvalue weighted by Crippen LogP contribution is -2.39. The second-order valence-corrected chi connectivity index (χ2v) is 6.56. The van der Waals surface area contributed by atoms with Crippen molar-refractivity contribution in [2.24, 2.45) is 0 Å². The first kappa shape index (κ1) is 21.9. The van der Waals surface area contributed by atoms with Crippen LogP contribution in [0.4, 0.5) is 9.59 Å². The summed E-state index contributed by atoms with van der Waals surface area (Å²) in [4.78, 5) is 34.8. The second kappa shape index (κ2) is 12.2. The molecular formula is C22H25N2O5. The molecule has 0 saturated carbocycles. The van der Waals surface area contributed by atoms with E-state index in [1.807, 2.05) is 60.7 Å². The van der Waals surface area contributed by atoms with Crippen LogP contribution < -0.4 is 10.6 Å². The van der Waals surface area contributed by atoms with Gasteiger partial charge >= 0.3 is 12.2 Å². The molecule has 0 spiro atoms. The van der Waals surface area contributed by atoms with Gasteiger partial charge in [-0.25, -0.2) is 9.59 Å². The lowest BCUT2D eigenvalue weighted by atomic mass is 10.1. The molecule has 7 nitrogen and oxygen atoms in total. The fraction of sp³-hybridized carbons (Fsp3) is 0.318. The van der Waals surface area contributed by atoms with E-state index in [4.69, 9.17) is 9.47 Å². The highest BCUT2D eigenvalue weighted by atomic mass is 16.6. The molecular weight excluding hydrogens is 372 g/mol. The van der Waals surface area contributed by atoms with Crippen molar-refractivity contribution in [3.63, 3.8) is 0 Å². The first-order valence-corrected chi connectivity index (χ1v) is 9.39. The maximum absolute atomic E-state index is 11.8. The number of ether oxygens (including phenoxy) is 2. The van der Waals surface area contributed by atoms with Crippen LogP contribution in [0.3, 0.4) is 0 Å². The van der Waals surface area contributed by atoms with Gasteiger partial charge in [0.15, 0.2) is 0 Å². The van der Waals surface area contributed by atoms with Gasteiger partial charge in [-0.05, 0) is 30.9 Å². The molecule has 2 unspecified atom stereocenters. The van der Waals surface area contributed by atoms with Gasteiger partial charge in [-0.1, -0.05) is 60.7 Å². The number of amides is 2. The van der Waals surface area contributed by atoms with Crippen LogP contribution in [-0.4, -0.2) is 30.6 Å². The number of alkyl carbamates (subject to hydrolysis) is 2. The molecule has 2 aromatic rings. The van der Waals surface area contributed by atoms with Crippen LogP contribution in [0.5, 0.6) is 0 Å². The third kappa shape index (κ3) is 8.92. The summed E-state index contributed by atoms with van der Waals surface area (Å²) >= 11 is 0. The molecule has 2 aromatic carbocycles. The standard InChI is InChI=1S/C22H25N2O5/c1-17(23-21(26)28-15-18-8-4-2-5-9-18)12-13-20(14-25)24-22(27)29-16-19-10-6-3-7-11-19/h2-11,17,20H,12-13,15-16H2,1H3,(H,23,26)(H,24,27). The van der Waals surface area contributed by atoms with E-state index < -0.39 is 18.2 Å². The molecule has 7 heteroatoms. The Morgan fingerprint density at radius 2 is 1.31 bits per heavy atom. The van der Waals surface area contributed by atoms with E-state index in [9.17, 15) is 14.4 Å². The fourth-order valence-electron chi connectivity index (χ4n) is 2.52. The third-order valence-electron chi connectivity index (χ3n) is 4.11. The smallest absolute Gasteiger partial charge is 0.408 e. The first-order chi connectivity index (χ1) is 14.1. The minimum atomic E-state index is -0.817. The molecule has 2 N–H and O–H groups in total. The van der Waals surface area contributed by atoms with Crippen molar-refractivity contribution in [3.05, 3.63) is 71.8 Å². The normalized spacial score (nSPS) is 12.3. The van der Waals surface area contributed by atoms with Gasteiger partial charge in [0.1, 0.15) is 13.2 Å². The average Bonchev–Trinajstić information content (AvgIpc) is 2.75. The van der Waals surface area contributed by atoms with Gasteiger partial charge in [-0.2, -0.15) is 0 Å². The summed E-state index contributed by atoms with van der Waals surface area (Å²) in [5, 5.41) is 5.16. The zero-order valence-electron chi connectivity index (χ0n) is 16.3. The molecule has 2 amide bonds. The number of benzene rings is 2. The van der Waals surface area contributed by atoms with Crippen LogP contribution in [0.15, 0.2) is 60.7 Å².